The zero-order valence-electron chi connectivity index (χ0n) is 8.81. The van der Waals surface area contributed by atoms with Crippen molar-refractivity contribution in [3.8, 4) is 0 Å². The van der Waals surface area contributed by atoms with Crippen molar-refractivity contribution in [2.75, 3.05) is 13.1 Å². The standard InChI is InChI=1S/C10H19NO3/c1-7(5-10(13)14)11-4-3-9(6-11)8(2)12/h7-9,12H,3-6H2,1-2H3,(H,13,14). The Labute approximate surface area is 84.5 Å². The number of carbonyl (C=O) groups is 1. The van der Waals surface area contributed by atoms with Crippen LogP contribution in [0.15, 0.2) is 0 Å². The van der Waals surface area contributed by atoms with E-state index in [9.17, 15) is 9.90 Å². The third-order valence-corrected chi connectivity index (χ3v) is 3.03. The van der Waals surface area contributed by atoms with Crippen LogP contribution in [0.3, 0.4) is 0 Å². The lowest BCUT2D eigenvalue weighted by molar-refractivity contribution is -0.138. The molecule has 3 unspecified atom stereocenters. The Bertz CT molecular complexity index is 206. The molecular formula is C10H19NO3. The highest BCUT2D eigenvalue weighted by Gasteiger charge is 2.29. The van der Waals surface area contributed by atoms with Crippen molar-refractivity contribution in [3.63, 3.8) is 0 Å². The van der Waals surface area contributed by atoms with Gasteiger partial charge in [-0.15, -0.1) is 0 Å². The maximum Gasteiger partial charge on any atom is 0.304 e. The van der Waals surface area contributed by atoms with Crippen LogP contribution in [0.1, 0.15) is 26.7 Å². The summed E-state index contributed by atoms with van der Waals surface area (Å²) in [6, 6.07) is 0.0799. The average molecular weight is 201 g/mol. The predicted octanol–water partition coefficient (Wildman–Crippen LogP) is 0.552. The SMILES string of the molecule is CC(O)C1CCN(C(C)CC(=O)O)C1. The van der Waals surface area contributed by atoms with Crippen LogP contribution >= 0.6 is 0 Å². The van der Waals surface area contributed by atoms with Gasteiger partial charge in [-0.25, -0.2) is 0 Å². The Balaban J connectivity index is 2.37. The van der Waals surface area contributed by atoms with E-state index in [2.05, 4.69) is 4.90 Å². The van der Waals surface area contributed by atoms with Gasteiger partial charge in [0.2, 0.25) is 0 Å². The first-order valence-electron chi connectivity index (χ1n) is 5.14. The van der Waals surface area contributed by atoms with Crippen LogP contribution < -0.4 is 0 Å². The number of carboxylic acid groups (broad SMARTS) is 1. The summed E-state index contributed by atoms with van der Waals surface area (Å²) in [4.78, 5) is 12.7. The molecule has 4 nitrogen and oxygen atoms in total. The third-order valence-electron chi connectivity index (χ3n) is 3.03. The van der Waals surface area contributed by atoms with Gasteiger partial charge in [0.15, 0.2) is 0 Å². The highest BCUT2D eigenvalue weighted by Crippen LogP contribution is 2.22. The lowest BCUT2D eigenvalue weighted by atomic mass is 10.0. The van der Waals surface area contributed by atoms with E-state index in [-0.39, 0.29) is 18.6 Å². The maximum absolute atomic E-state index is 10.5. The Kier molecular flexibility index (Phi) is 3.89. The topological polar surface area (TPSA) is 60.8 Å². The van der Waals surface area contributed by atoms with Crippen LogP contribution in [0.25, 0.3) is 0 Å². The second kappa shape index (κ2) is 4.75. The number of aliphatic carboxylic acids is 1. The smallest absolute Gasteiger partial charge is 0.304 e. The molecule has 82 valence electrons. The number of carboxylic acids is 1. The Morgan fingerprint density at radius 3 is 2.64 bits per heavy atom. The Morgan fingerprint density at radius 2 is 2.21 bits per heavy atom. The average Bonchev–Trinajstić information content (AvgIpc) is 2.50. The van der Waals surface area contributed by atoms with Gasteiger partial charge in [-0.05, 0) is 32.7 Å². The van der Waals surface area contributed by atoms with E-state index in [1.54, 1.807) is 6.92 Å². The van der Waals surface area contributed by atoms with Gasteiger partial charge in [-0.2, -0.15) is 0 Å². The van der Waals surface area contributed by atoms with Gasteiger partial charge in [-0.1, -0.05) is 0 Å². The van der Waals surface area contributed by atoms with Crippen molar-refractivity contribution < 1.29 is 15.0 Å². The minimum atomic E-state index is -0.752. The molecule has 0 bridgehead atoms. The molecule has 3 atom stereocenters. The zero-order chi connectivity index (χ0) is 10.7. The van der Waals surface area contributed by atoms with Crippen molar-refractivity contribution in [2.24, 2.45) is 5.92 Å². The van der Waals surface area contributed by atoms with E-state index < -0.39 is 5.97 Å². The molecule has 1 saturated heterocycles. The number of rotatable bonds is 4. The molecule has 0 aromatic carbocycles. The summed E-state index contributed by atoms with van der Waals surface area (Å²) in [6.45, 7) is 5.46. The number of likely N-dealkylation sites (tertiary alicyclic amines) is 1. The highest BCUT2D eigenvalue weighted by atomic mass is 16.4. The zero-order valence-corrected chi connectivity index (χ0v) is 8.81. The monoisotopic (exact) mass is 201 g/mol. The van der Waals surface area contributed by atoms with Crippen LogP contribution in [0.5, 0.6) is 0 Å². The molecule has 0 aromatic heterocycles. The summed E-state index contributed by atoms with van der Waals surface area (Å²) < 4.78 is 0. The fourth-order valence-electron chi connectivity index (χ4n) is 1.99. The van der Waals surface area contributed by atoms with Crippen molar-refractivity contribution >= 4 is 5.97 Å². The number of aliphatic hydroxyl groups excluding tert-OH is 1. The number of aliphatic hydroxyl groups is 1. The molecule has 1 rings (SSSR count). The summed E-state index contributed by atoms with van der Waals surface area (Å²) in [7, 11) is 0. The fraction of sp³-hybridized carbons (Fsp3) is 0.900. The van der Waals surface area contributed by atoms with E-state index in [1.807, 2.05) is 6.92 Å². The molecule has 0 saturated carbocycles. The second-order valence-corrected chi connectivity index (χ2v) is 4.23. The van der Waals surface area contributed by atoms with E-state index in [1.165, 1.54) is 0 Å². The van der Waals surface area contributed by atoms with Crippen LogP contribution in [0.4, 0.5) is 0 Å². The first-order chi connectivity index (χ1) is 6.50. The third kappa shape index (κ3) is 2.96. The quantitative estimate of drug-likeness (QED) is 0.697. The molecule has 1 aliphatic heterocycles. The van der Waals surface area contributed by atoms with E-state index >= 15 is 0 Å². The van der Waals surface area contributed by atoms with Crippen LogP contribution in [-0.2, 0) is 4.79 Å². The highest BCUT2D eigenvalue weighted by molar-refractivity contribution is 5.67. The molecule has 2 N–H and O–H groups in total. The molecule has 1 fully saturated rings. The molecule has 1 heterocycles. The van der Waals surface area contributed by atoms with Crippen molar-refractivity contribution in [3.05, 3.63) is 0 Å². The molecule has 0 aliphatic carbocycles. The normalized spacial score (nSPS) is 27.5. The van der Waals surface area contributed by atoms with Gasteiger partial charge in [0.05, 0.1) is 12.5 Å². The minimum Gasteiger partial charge on any atom is -0.481 e. The van der Waals surface area contributed by atoms with Crippen LogP contribution in [0, 0.1) is 5.92 Å². The van der Waals surface area contributed by atoms with Crippen LogP contribution in [-0.4, -0.2) is 46.3 Å². The van der Waals surface area contributed by atoms with E-state index in [0.717, 1.165) is 19.5 Å². The summed E-state index contributed by atoms with van der Waals surface area (Å²) in [5, 5.41) is 18.0. The maximum atomic E-state index is 10.5. The molecule has 1 aliphatic rings. The van der Waals surface area contributed by atoms with Crippen molar-refractivity contribution in [2.45, 2.75) is 38.8 Å². The molecule has 0 radical (unpaired) electrons. The minimum absolute atomic E-state index is 0.0799. The van der Waals surface area contributed by atoms with Gasteiger partial charge in [0.1, 0.15) is 0 Å². The largest absolute Gasteiger partial charge is 0.481 e. The first-order valence-corrected chi connectivity index (χ1v) is 5.14. The lowest BCUT2D eigenvalue weighted by Crippen LogP contribution is -2.33. The second-order valence-electron chi connectivity index (χ2n) is 4.23. The summed E-state index contributed by atoms with van der Waals surface area (Å²) in [5.41, 5.74) is 0. The van der Waals surface area contributed by atoms with E-state index in [4.69, 9.17) is 5.11 Å². The van der Waals surface area contributed by atoms with Gasteiger partial charge in [-0.3, -0.25) is 9.69 Å². The summed E-state index contributed by atoms with van der Waals surface area (Å²) in [6.07, 6.45) is 0.880. The van der Waals surface area contributed by atoms with Crippen molar-refractivity contribution in [1.82, 2.24) is 4.90 Å². The molecular weight excluding hydrogens is 182 g/mol. The Hall–Kier alpha value is -0.610. The molecule has 14 heavy (non-hydrogen) atoms. The first kappa shape index (κ1) is 11.5. The summed E-state index contributed by atoms with van der Waals surface area (Å²) in [5.74, 6) is -0.441. The fourth-order valence-corrected chi connectivity index (χ4v) is 1.99. The van der Waals surface area contributed by atoms with Gasteiger partial charge in [0, 0.05) is 12.6 Å². The molecule has 0 aromatic rings. The number of hydrogen-bond acceptors (Lipinski definition) is 3. The van der Waals surface area contributed by atoms with Crippen LogP contribution in [0.2, 0.25) is 0 Å². The molecule has 0 amide bonds. The predicted molar refractivity (Wildman–Crippen MR) is 53.1 cm³/mol. The van der Waals surface area contributed by atoms with Gasteiger partial charge >= 0.3 is 5.97 Å². The Morgan fingerprint density at radius 1 is 1.57 bits per heavy atom. The molecule has 0 spiro atoms. The number of nitrogens with zero attached hydrogens (tertiary/aromatic N) is 1. The summed E-state index contributed by atoms with van der Waals surface area (Å²) >= 11 is 0. The number of hydrogen-bond donors (Lipinski definition) is 2. The molecule has 4 heteroatoms. The van der Waals surface area contributed by atoms with Gasteiger partial charge in [0.25, 0.3) is 0 Å². The lowest BCUT2D eigenvalue weighted by Gasteiger charge is -2.23. The van der Waals surface area contributed by atoms with E-state index in [0.29, 0.717) is 5.92 Å². The van der Waals surface area contributed by atoms with Crippen molar-refractivity contribution in [1.29, 1.82) is 0 Å². The van der Waals surface area contributed by atoms with Gasteiger partial charge < -0.3 is 10.2 Å².